The summed E-state index contributed by atoms with van der Waals surface area (Å²) >= 11 is 0. The highest BCUT2D eigenvalue weighted by molar-refractivity contribution is 5.13. The topological polar surface area (TPSA) is 59.4 Å². The van der Waals surface area contributed by atoms with Gasteiger partial charge in [0.2, 0.25) is 0 Å². The van der Waals surface area contributed by atoms with Crippen molar-refractivity contribution in [3.05, 3.63) is 24.2 Å². The van der Waals surface area contributed by atoms with Gasteiger partial charge in [0.15, 0.2) is 0 Å². The van der Waals surface area contributed by atoms with Crippen LogP contribution in [0.2, 0.25) is 0 Å². The summed E-state index contributed by atoms with van der Waals surface area (Å²) in [7, 11) is 0. The first-order valence-electron chi connectivity index (χ1n) is 6.18. The number of aliphatic hydroxyl groups is 1. The van der Waals surface area contributed by atoms with Crippen LogP contribution in [0.5, 0.6) is 0 Å². The molecule has 1 aromatic rings. The number of rotatable bonds is 3. The Morgan fingerprint density at radius 1 is 1.56 bits per heavy atom. The lowest BCUT2D eigenvalue weighted by molar-refractivity contribution is -0.0260. The zero-order valence-corrected chi connectivity index (χ0v) is 9.43. The van der Waals surface area contributed by atoms with Crippen LogP contribution in [0.4, 0.5) is 0 Å². The average Bonchev–Trinajstić information content (AvgIpc) is 3.03. The van der Waals surface area contributed by atoms with Crippen molar-refractivity contribution in [2.24, 2.45) is 23.0 Å². The van der Waals surface area contributed by atoms with Gasteiger partial charge in [-0.15, -0.1) is 0 Å². The van der Waals surface area contributed by atoms with Crippen LogP contribution in [0.1, 0.15) is 37.5 Å². The van der Waals surface area contributed by atoms with Gasteiger partial charge in [-0.05, 0) is 43.2 Å². The van der Waals surface area contributed by atoms with Gasteiger partial charge in [-0.2, -0.15) is 0 Å². The minimum absolute atomic E-state index is 0.124. The molecule has 1 heterocycles. The maximum atomic E-state index is 10.5. The third-order valence-corrected chi connectivity index (χ3v) is 4.76. The summed E-state index contributed by atoms with van der Waals surface area (Å²) in [6.07, 6.45) is 5.94. The summed E-state index contributed by atoms with van der Waals surface area (Å²) in [4.78, 5) is 0. The predicted octanol–water partition coefficient (Wildman–Crippen LogP) is 2.08. The Bertz CT molecular complexity index is 362. The maximum Gasteiger partial charge on any atom is 0.132 e. The lowest BCUT2D eigenvalue weighted by Crippen LogP contribution is -2.41. The number of furan rings is 1. The van der Waals surface area contributed by atoms with Crippen molar-refractivity contribution >= 4 is 0 Å². The van der Waals surface area contributed by atoms with E-state index in [1.807, 2.05) is 12.1 Å². The van der Waals surface area contributed by atoms with E-state index < -0.39 is 6.10 Å². The van der Waals surface area contributed by atoms with E-state index in [0.717, 1.165) is 12.3 Å². The van der Waals surface area contributed by atoms with Crippen molar-refractivity contribution < 1.29 is 9.52 Å². The first-order chi connectivity index (χ1) is 7.76. The molecule has 2 bridgehead atoms. The highest BCUT2D eigenvalue weighted by Gasteiger charge is 2.54. The third-order valence-electron chi connectivity index (χ3n) is 4.76. The van der Waals surface area contributed by atoms with E-state index in [1.54, 1.807) is 6.26 Å². The van der Waals surface area contributed by atoms with Gasteiger partial charge < -0.3 is 15.3 Å². The van der Waals surface area contributed by atoms with Crippen LogP contribution in [0.3, 0.4) is 0 Å². The molecule has 3 rings (SSSR count). The number of hydrogen-bond acceptors (Lipinski definition) is 3. The second-order valence-electron chi connectivity index (χ2n) is 5.44. The Hall–Kier alpha value is -0.800. The summed E-state index contributed by atoms with van der Waals surface area (Å²) in [5, 5.41) is 10.5. The van der Waals surface area contributed by atoms with Gasteiger partial charge in [0, 0.05) is 12.0 Å². The molecule has 2 saturated carbocycles. The Balaban J connectivity index is 1.91. The fourth-order valence-electron chi connectivity index (χ4n) is 3.91. The molecule has 3 heteroatoms. The minimum atomic E-state index is -0.525. The molecule has 0 radical (unpaired) electrons. The van der Waals surface area contributed by atoms with Crippen LogP contribution in [0.25, 0.3) is 0 Å². The molecule has 2 aliphatic carbocycles. The first-order valence-corrected chi connectivity index (χ1v) is 6.18. The molecule has 1 aromatic heterocycles. The summed E-state index contributed by atoms with van der Waals surface area (Å²) in [5.74, 6) is 2.04. The van der Waals surface area contributed by atoms with Crippen LogP contribution in [0, 0.1) is 17.3 Å². The fourth-order valence-corrected chi connectivity index (χ4v) is 3.91. The first kappa shape index (κ1) is 10.4. The highest BCUT2D eigenvalue weighted by atomic mass is 16.4. The smallest absolute Gasteiger partial charge is 0.132 e. The van der Waals surface area contributed by atoms with E-state index in [2.05, 4.69) is 0 Å². The van der Waals surface area contributed by atoms with Crippen molar-refractivity contribution in [3.8, 4) is 0 Å². The van der Waals surface area contributed by atoms with E-state index in [1.165, 1.54) is 19.3 Å². The Labute approximate surface area is 95.6 Å². The molecule has 0 aliphatic heterocycles. The SMILES string of the molecule is NCC1(C(O)c2ccco2)CC2CCC1C2. The Morgan fingerprint density at radius 2 is 2.44 bits per heavy atom. The van der Waals surface area contributed by atoms with Crippen LogP contribution in [0.15, 0.2) is 22.8 Å². The van der Waals surface area contributed by atoms with Crippen molar-refractivity contribution in [2.45, 2.75) is 31.8 Å². The quantitative estimate of drug-likeness (QED) is 0.821. The summed E-state index contributed by atoms with van der Waals surface area (Å²) in [6, 6.07) is 3.68. The normalized spacial score (nSPS) is 39.1. The molecule has 2 fully saturated rings. The number of fused-ring (bicyclic) bond motifs is 2. The predicted molar refractivity (Wildman–Crippen MR) is 60.6 cm³/mol. The molecule has 4 atom stereocenters. The van der Waals surface area contributed by atoms with E-state index in [0.29, 0.717) is 18.2 Å². The zero-order valence-electron chi connectivity index (χ0n) is 9.43. The lowest BCUT2D eigenvalue weighted by Gasteiger charge is -2.39. The summed E-state index contributed by atoms with van der Waals surface area (Å²) < 4.78 is 5.34. The molecular weight excluding hydrogens is 202 g/mol. The summed E-state index contributed by atoms with van der Waals surface area (Å²) in [6.45, 7) is 0.566. The minimum Gasteiger partial charge on any atom is -0.467 e. The van der Waals surface area contributed by atoms with Crippen LogP contribution in [-0.4, -0.2) is 11.7 Å². The molecular formula is C13H19NO2. The van der Waals surface area contributed by atoms with E-state index in [9.17, 15) is 5.11 Å². The molecule has 0 amide bonds. The molecule has 4 unspecified atom stereocenters. The number of aliphatic hydroxyl groups excluding tert-OH is 1. The van der Waals surface area contributed by atoms with Gasteiger partial charge in [-0.25, -0.2) is 0 Å². The highest BCUT2D eigenvalue weighted by Crippen LogP contribution is 2.60. The monoisotopic (exact) mass is 221 g/mol. The Kier molecular flexibility index (Phi) is 2.33. The molecule has 0 saturated heterocycles. The van der Waals surface area contributed by atoms with Crippen molar-refractivity contribution in [1.29, 1.82) is 0 Å². The third kappa shape index (κ3) is 1.28. The summed E-state index contributed by atoms with van der Waals surface area (Å²) in [5.41, 5.74) is 5.84. The van der Waals surface area contributed by atoms with Crippen molar-refractivity contribution in [1.82, 2.24) is 0 Å². The van der Waals surface area contributed by atoms with Crippen LogP contribution >= 0.6 is 0 Å². The lowest BCUT2D eigenvalue weighted by atomic mass is 9.68. The molecule has 3 N–H and O–H groups in total. The maximum absolute atomic E-state index is 10.5. The standard InChI is InChI=1S/C13H19NO2/c14-8-13(7-9-3-4-10(13)6-9)12(15)11-2-1-5-16-11/h1-2,5,9-10,12,15H,3-4,6-8,14H2. The average molecular weight is 221 g/mol. The van der Waals surface area contributed by atoms with Gasteiger partial charge >= 0.3 is 0 Å². The Morgan fingerprint density at radius 3 is 2.94 bits per heavy atom. The second-order valence-corrected chi connectivity index (χ2v) is 5.44. The van der Waals surface area contributed by atoms with Crippen LogP contribution in [-0.2, 0) is 0 Å². The largest absolute Gasteiger partial charge is 0.467 e. The number of nitrogens with two attached hydrogens (primary N) is 1. The second kappa shape index (κ2) is 3.60. The van der Waals surface area contributed by atoms with Crippen molar-refractivity contribution in [2.75, 3.05) is 6.54 Å². The molecule has 3 nitrogen and oxygen atoms in total. The van der Waals surface area contributed by atoms with Gasteiger partial charge in [0.25, 0.3) is 0 Å². The molecule has 16 heavy (non-hydrogen) atoms. The zero-order chi connectivity index (χ0) is 11.2. The number of hydrogen-bond donors (Lipinski definition) is 2. The van der Waals surface area contributed by atoms with Gasteiger partial charge in [0.05, 0.1) is 6.26 Å². The van der Waals surface area contributed by atoms with Gasteiger partial charge in [-0.3, -0.25) is 0 Å². The van der Waals surface area contributed by atoms with E-state index in [-0.39, 0.29) is 5.41 Å². The van der Waals surface area contributed by atoms with E-state index in [4.69, 9.17) is 10.2 Å². The van der Waals surface area contributed by atoms with Crippen molar-refractivity contribution in [3.63, 3.8) is 0 Å². The molecule has 2 aliphatic rings. The van der Waals surface area contributed by atoms with Gasteiger partial charge in [-0.1, -0.05) is 6.42 Å². The fraction of sp³-hybridized carbons (Fsp3) is 0.692. The van der Waals surface area contributed by atoms with E-state index >= 15 is 0 Å². The molecule has 0 spiro atoms. The molecule has 0 aromatic carbocycles. The van der Waals surface area contributed by atoms with Gasteiger partial charge in [0.1, 0.15) is 11.9 Å². The van der Waals surface area contributed by atoms with Crippen LogP contribution < -0.4 is 5.73 Å². The molecule has 88 valence electrons.